The zero-order valence-corrected chi connectivity index (χ0v) is 20.8. The smallest absolute Gasteiger partial charge is 0.267 e. The van der Waals surface area contributed by atoms with Crippen LogP contribution in [0.1, 0.15) is 28.0 Å². The number of thioether (sulfide) groups is 1. The third-order valence-corrected chi connectivity index (χ3v) is 7.01. The van der Waals surface area contributed by atoms with Gasteiger partial charge in [0.15, 0.2) is 0 Å². The van der Waals surface area contributed by atoms with E-state index in [4.69, 9.17) is 21.6 Å². The lowest BCUT2D eigenvalue weighted by atomic mass is 10.1. The van der Waals surface area contributed by atoms with Crippen LogP contribution in [0.5, 0.6) is 0 Å². The molecular formula is C26H22N4O3S2. The van der Waals surface area contributed by atoms with Crippen LogP contribution in [0.4, 0.5) is 5.82 Å². The van der Waals surface area contributed by atoms with Gasteiger partial charge in [-0.05, 0) is 49.2 Å². The zero-order chi connectivity index (χ0) is 24.5. The Morgan fingerprint density at radius 2 is 1.86 bits per heavy atom. The van der Waals surface area contributed by atoms with E-state index in [0.717, 1.165) is 22.9 Å². The number of hydrogen-bond donors (Lipinski definition) is 1. The predicted molar refractivity (Wildman–Crippen MR) is 142 cm³/mol. The standard InChI is InChI=1S/C26H22N4O3S2/c1-16-5-8-18(9-6-16)13-27-23-20(24(31)29-14-17(2)7-10-22(29)28-23)12-21-25(32)30(26(34)35-21)15-19-4-3-11-33-19/h3-12,14,27H,13,15H2,1-2H3. The van der Waals surface area contributed by atoms with E-state index in [2.05, 4.69) is 5.32 Å². The molecular weight excluding hydrogens is 480 g/mol. The van der Waals surface area contributed by atoms with Crippen molar-refractivity contribution < 1.29 is 9.21 Å². The first-order valence-corrected chi connectivity index (χ1v) is 12.2. The summed E-state index contributed by atoms with van der Waals surface area (Å²) in [7, 11) is 0. The number of nitrogens with zero attached hydrogens (tertiary/aromatic N) is 3. The number of anilines is 1. The second-order valence-electron chi connectivity index (χ2n) is 8.30. The van der Waals surface area contributed by atoms with Gasteiger partial charge in [0.2, 0.25) is 0 Å². The second-order valence-corrected chi connectivity index (χ2v) is 9.98. The van der Waals surface area contributed by atoms with Crippen molar-refractivity contribution in [3.05, 3.63) is 104 Å². The molecule has 0 atom stereocenters. The molecule has 9 heteroatoms. The quantitative estimate of drug-likeness (QED) is 0.296. The molecule has 1 fully saturated rings. The summed E-state index contributed by atoms with van der Waals surface area (Å²) in [6, 6.07) is 15.4. The maximum atomic E-state index is 13.5. The number of furan rings is 1. The van der Waals surface area contributed by atoms with Crippen LogP contribution < -0.4 is 10.9 Å². The minimum absolute atomic E-state index is 0.238. The Morgan fingerprint density at radius 1 is 1.09 bits per heavy atom. The van der Waals surface area contributed by atoms with E-state index in [0.29, 0.717) is 38.6 Å². The van der Waals surface area contributed by atoms with Crippen molar-refractivity contribution in [3.8, 4) is 0 Å². The van der Waals surface area contributed by atoms with Crippen molar-refractivity contribution in [3.63, 3.8) is 0 Å². The first kappa shape index (κ1) is 23.1. The van der Waals surface area contributed by atoms with Crippen LogP contribution >= 0.6 is 24.0 Å². The summed E-state index contributed by atoms with van der Waals surface area (Å²) in [4.78, 5) is 33.2. The highest BCUT2D eigenvalue weighted by Gasteiger charge is 2.33. The van der Waals surface area contributed by atoms with Gasteiger partial charge in [0.25, 0.3) is 11.5 Å². The number of aryl methyl sites for hydroxylation is 2. The lowest BCUT2D eigenvalue weighted by Gasteiger charge is -2.13. The van der Waals surface area contributed by atoms with Gasteiger partial charge in [-0.1, -0.05) is 59.9 Å². The number of aromatic nitrogens is 2. The van der Waals surface area contributed by atoms with Gasteiger partial charge in [-0.25, -0.2) is 4.98 Å². The number of carbonyl (C=O) groups excluding carboxylic acids is 1. The Bertz CT molecular complexity index is 1520. The largest absolute Gasteiger partial charge is 0.467 e. The lowest BCUT2D eigenvalue weighted by molar-refractivity contribution is -0.122. The van der Waals surface area contributed by atoms with E-state index in [1.807, 2.05) is 44.2 Å². The maximum Gasteiger partial charge on any atom is 0.267 e. The number of pyridine rings is 1. The van der Waals surface area contributed by atoms with Crippen LogP contribution in [0.2, 0.25) is 0 Å². The molecule has 35 heavy (non-hydrogen) atoms. The first-order chi connectivity index (χ1) is 16.9. The number of amides is 1. The molecule has 0 radical (unpaired) electrons. The normalized spacial score (nSPS) is 14.9. The third kappa shape index (κ3) is 4.78. The third-order valence-electron chi connectivity index (χ3n) is 5.63. The van der Waals surface area contributed by atoms with Crippen LogP contribution in [0.15, 0.2) is 75.1 Å². The van der Waals surface area contributed by atoms with Gasteiger partial charge in [-0.3, -0.25) is 18.9 Å². The molecule has 0 unspecified atom stereocenters. The Balaban J connectivity index is 1.53. The topological polar surface area (TPSA) is 79.9 Å². The van der Waals surface area contributed by atoms with Crippen LogP contribution in [-0.2, 0) is 17.9 Å². The number of carbonyl (C=O) groups is 1. The lowest BCUT2D eigenvalue weighted by Crippen LogP contribution is -2.27. The van der Waals surface area contributed by atoms with Crippen LogP contribution in [0.25, 0.3) is 11.7 Å². The highest BCUT2D eigenvalue weighted by molar-refractivity contribution is 8.26. The van der Waals surface area contributed by atoms with E-state index in [9.17, 15) is 9.59 Å². The van der Waals surface area contributed by atoms with Crippen molar-refractivity contribution >= 4 is 51.7 Å². The SMILES string of the molecule is Cc1ccc(CNc2nc3ccc(C)cn3c(=O)c2C=C2SC(=S)N(Cc3ccco3)C2=O)cc1. The molecule has 0 aliphatic carbocycles. The summed E-state index contributed by atoms with van der Waals surface area (Å²) in [5.74, 6) is 0.774. The highest BCUT2D eigenvalue weighted by Crippen LogP contribution is 2.34. The Kier molecular flexibility index (Phi) is 6.27. The van der Waals surface area contributed by atoms with E-state index < -0.39 is 0 Å². The van der Waals surface area contributed by atoms with Gasteiger partial charge in [0.05, 0.1) is 23.3 Å². The van der Waals surface area contributed by atoms with Crippen LogP contribution in [0, 0.1) is 13.8 Å². The Labute approximate surface area is 211 Å². The van der Waals surface area contributed by atoms with Gasteiger partial charge in [-0.15, -0.1) is 0 Å². The molecule has 7 nitrogen and oxygen atoms in total. The monoisotopic (exact) mass is 502 g/mol. The molecule has 1 N–H and O–H groups in total. The number of fused-ring (bicyclic) bond motifs is 1. The molecule has 176 valence electrons. The summed E-state index contributed by atoms with van der Waals surface area (Å²) < 4.78 is 7.28. The summed E-state index contributed by atoms with van der Waals surface area (Å²) in [5, 5.41) is 3.29. The number of nitrogens with one attached hydrogen (secondary N) is 1. The van der Waals surface area contributed by atoms with Crippen molar-refractivity contribution in [2.75, 3.05) is 5.32 Å². The molecule has 0 spiro atoms. The summed E-state index contributed by atoms with van der Waals surface area (Å²) >= 11 is 6.60. The van der Waals surface area contributed by atoms with Crippen LogP contribution in [0.3, 0.4) is 0 Å². The number of hydrogen-bond acceptors (Lipinski definition) is 7. The molecule has 0 saturated carbocycles. The average Bonchev–Trinajstić information content (AvgIpc) is 3.45. The van der Waals surface area contributed by atoms with Crippen molar-refractivity contribution in [2.24, 2.45) is 0 Å². The van der Waals surface area contributed by atoms with E-state index in [1.165, 1.54) is 14.9 Å². The molecule has 1 amide bonds. The summed E-state index contributed by atoms with van der Waals surface area (Å²) in [6.07, 6.45) is 4.88. The summed E-state index contributed by atoms with van der Waals surface area (Å²) in [6.45, 7) is 4.66. The average molecular weight is 503 g/mol. The van der Waals surface area contributed by atoms with Gasteiger partial charge in [0.1, 0.15) is 21.5 Å². The minimum atomic E-state index is -0.269. The fourth-order valence-corrected chi connectivity index (χ4v) is 4.98. The first-order valence-electron chi connectivity index (χ1n) is 11.0. The summed E-state index contributed by atoms with van der Waals surface area (Å²) in [5.41, 5.74) is 3.72. The van der Waals surface area contributed by atoms with Crippen molar-refractivity contribution in [2.45, 2.75) is 26.9 Å². The molecule has 1 saturated heterocycles. The van der Waals surface area contributed by atoms with Gasteiger partial charge < -0.3 is 9.73 Å². The van der Waals surface area contributed by atoms with Crippen molar-refractivity contribution in [1.29, 1.82) is 0 Å². The highest BCUT2D eigenvalue weighted by atomic mass is 32.2. The van der Waals surface area contributed by atoms with E-state index in [1.54, 1.807) is 36.7 Å². The fraction of sp³-hybridized carbons (Fsp3) is 0.154. The molecule has 0 bridgehead atoms. The second kappa shape index (κ2) is 9.52. The predicted octanol–water partition coefficient (Wildman–Crippen LogP) is 4.92. The van der Waals surface area contributed by atoms with E-state index >= 15 is 0 Å². The molecule has 5 rings (SSSR count). The Morgan fingerprint density at radius 3 is 2.60 bits per heavy atom. The molecule has 1 aliphatic rings. The fourth-order valence-electron chi connectivity index (χ4n) is 3.74. The molecule has 4 heterocycles. The Hall–Kier alpha value is -3.69. The number of rotatable bonds is 6. The zero-order valence-electron chi connectivity index (χ0n) is 19.1. The van der Waals surface area contributed by atoms with Gasteiger partial charge in [0, 0.05) is 12.7 Å². The van der Waals surface area contributed by atoms with E-state index in [-0.39, 0.29) is 18.0 Å². The van der Waals surface area contributed by atoms with Crippen LogP contribution in [-0.4, -0.2) is 24.5 Å². The minimum Gasteiger partial charge on any atom is -0.467 e. The number of thiocarbonyl (C=S) groups is 1. The molecule has 1 aliphatic heterocycles. The maximum absolute atomic E-state index is 13.5. The molecule has 4 aromatic rings. The van der Waals surface area contributed by atoms with Gasteiger partial charge in [-0.2, -0.15) is 0 Å². The van der Waals surface area contributed by atoms with Gasteiger partial charge >= 0.3 is 0 Å². The number of benzene rings is 1. The molecule has 3 aromatic heterocycles. The molecule has 1 aromatic carbocycles. The van der Waals surface area contributed by atoms with Crippen molar-refractivity contribution in [1.82, 2.24) is 14.3 Å².